The van der Waals surface area contributed by atoms with Gasteiger partial charge in [0, 0.05) is 0 Å². The highest BCUT2D eigenvalue weighted by atomic mass is 19.3. The Morgan fingerprint density at radius 1 is 1.43 bits per heavy atom. The van der Waals surface area contributed by atoms with E-state index in [1.165, 1.54) is 6.92 Å². The molecule has 2 nitrogen and oxygen atoms in total. The predicted molar refractivity (Wildman–Crippen MR) is 43.1 cm³/mol. The number of aromatic carboxylic acids is 1. The van der Waals surface area contributed by atoms with Crippen molar-refractivity contribution < 1.29 is 23.1 Å². The molecule has 0 atom stereocenters. The lowest BCUT2D eigenvalue weighted by Crippen LogP contribution is -2.05. The molecule has 0 aliphatic rings. The fourth-order valence-electron chi connectivity index (χ4n) is 1.12. The van der Waals surface area contributed by atoms with Crippen molar-refractivity contribution >= 4 is 5.97 Å². The molecule has 0 bridgehead atoms. The molecule has 0 radical (unpaired) electrons. The van der Waals surface area contributed by atoms with Gasteiger partial charge in [0.1, 0.15) is 5.82 Å². The number of carboxylic acid groups (broad SMARTS) is 1. The van der Waals surface area contributed by atoms with Crippen LogP contribution >= 0.6 is 0 Å². The summed E-state index contributed by atoms with van der Waals surface area (Å²) >= 11 is 0. The number of alkyl halides is 2. The third-order valence-corrected chi connectivity index (χ3v) is 1.85. The van der Waals surface area contributed by atoms with Crippen molar-refractivity contribution in [3.63, 3.8) is 0 Å². The molecular formula is C9H7F3O2. The van der Waals surface area contributed by atoms with Crippen molar-refractivity contribution in [3.8, 4) is 0 Å². The molecule has 1 N–H and O–H groups in total. The molecule has 0 saturated heterocycles. The smallest absolute Gasteiger partial charge is 0.338 e. The average molecular weight is 204 g/mol. The van der Waals surface area contributed by atoms with Crippen LogP contribution in [0.3, 0.4) is 0 Å². The van der Waals surface area contributed by atoms with Gasteiger partial charge in [0.15, 0.2) is 0 Å². The van der Waals surface area contributed by atoms with Crippen molar-refractivity contribution in [2.45, 2.75) is 13.3 Å². The first kappa shape index (κ1) is 10.6. The molecule has 0 aromatic heterocycles. The quantitative estimate of drug-likeness (QED) is 0.804. The summed E-state index contributed by atoms with van der Waals surface area (Å²) in [4.78, 5) is 10.4. The van der Waals surface area contributed by atoms with E-state index >= 15 is 0 Å². The zero-order valence-corrected chi connectivity index (χ0v) is 7.22. The van der Waals surface area contributed by atoms with Crippen molar-refractivity contribution in [1.82, 2.24) is 0 Å². The van der Waals surface area contributed by atoms with Gasteiger partial charge >= 0.3 is 5.97 Å². The summed E-state index contributed by atoms with van der Waals surface area (Å²) in [6, 6.07) is 2.13. The van der Waals surface area contributed by atoms with Gasteiger partial charge in [0.05, 0.1) is 11.1 Å². The van der Waals surface area contributed by atoms with Crippen molar-refractivity contribution in [1.29, 1.82) is 0 Å². The first-order chi connectivity index (χ1) is 6.45. The standard InChI is InChI=1S/C9H7F3O2/c1-4-2-3-5(9(13)14)7(10)6(4)8(11)12/h2-3,8H,1H3,(H,13,14). The Balaban J connectivity index is 3.41. The largest absolute Gasteiger partial charge is 0.478 e. The normalized spacial score (nSPS) is 10.6. The fourth-order valence-corrected chi connectivity index (χ4v) is 1.12. The molecule has 76 valence electrons. The maximum atomic E-state index is 13.2. The van der Waals surface area contributed by atoms with Crippen molar-refractivity contribution in [2.24, 2.45) is 0 Å². The number of carbonyl (C=O) groups is 1. The van der Waals surface area contributed by atoms with Gasteiger partial charge in [-0.25, -0.2) is 18.0 Å². The molecule has 0 aliphatic heterocycles. The molecule has 0 aliphatic carbocycles. The molecule has 0 heterocycles. The van der Waals surface area contributed by atoms with Crippen LogP contribution in [0, 0.1) is 12.7 Å². The highest BCUT2D eigenvalue weighted by molar-refractivity contribution is 5.88. The van der Waals surface area contributed by atoms with E-state index in [9.17, 15) is 18.0 Å². The van der Waals surface area contributed by atoms with Crippen LogP contribution in [0.1, 0.15) is 27.9 Å². The van der Waals surface area contributed by atoms with Gasteiger partial charge in [-0.1, -0.05) is 6.07 Å². The number of aryl methyl sites for hydroxylation is 1. The average Bonchev–Trinajstić information content (AvgIpc) is 2.02. The first-order valence-electron chi connectivity index (χ1n) is 3.75. The molecule has 0 spiro atoms. The molecule has 0 amide bonds. The van der Waals surface area contributed by atoms with Crippen molar-refractivity contribution in [2.75, 3.05) is 0 Å². The van der Waals surface area contributed by atoms with E-state index in [-0.39, 0.29) is 5.56 Å². The van der Waals surface area contributed by atoms with Crippen LogP contribution in [-0.2, 0) is 0 Å². The predicted octanol–water partition coefficient (Wildman–Crippen LogP) is 2.77. The van der Waals surface area contributed by atoms with Crippen LogP contribution < -0.4 is 0 Å². The Bertz CT molecular complexity index is 375. The summed E-state index contributed by atoms with van der Waals surface area (Å²) in [5, 5.41) is 8.48. The molecule has 1 rings (SSSR count). The maximum Gasteiger partial charge on any atom is 0.338 e. The SMILES string of the molecule is Cc1ccc(C(=O)O)c(F)c1C(F)F. The number of hydrogen-bond acceptors (Lipinski definition) is 1. The van der Waals surface area contributed by atoms with Gasteiger partial charge in [-0.05, 0) is 18.6 Å². The monoisotopic (exact) mass is 204 g/mol. The Hall–Kier alpha value is -1.52. The number of rotatable bonds is 2. The summed E-state index contributed by atoms with van der Waals surface area (Å²) < 4.78 is 37.8. The molecule has 0 saturated carbocycles. The van der Waals surface area contributed by atoms with Gasteiger partial charge in [0.25, 0.3) is 6.43 Å². The Morgan fingerprint density at radius 3 is 2.43 bits per heavy atom. The van der Waals surface area contributed by atoms with Crippen LogP contribution in [-0.4, -0.2) is 11.1 Å². The van der Waals surface area contributed by atoms with E-state index in [0.717, 1.165) is 12.1 Å². The van der Waals surface area contributed by atoms with Crippen LogP contribution in [0.25, 0.3) is 0 Å². The zero-order valence-electron chi connectivity index (χ0n) is 7.22. The van der Waals surface area contributed by atoms with Crippen LogP contribution in [0.15, 0.2) is 12.1 Å². The number of carboxylic acids is 1. The highest BCUT2D eigenvalue weighted by Gasteiger charge is 2.21. The maximum absolute atomic E-state index is 13.2. The van der Waals surface area contributed by atoms with E-state index in [1.807, 2.05) is 0 Å². The van der Waals surface area contributed by atoms with Gasteiger partial charge in [-0.15, -0.1) is 0 Å². The number of halogens is 3. The van der Waals surface area contributed by atoms with Gasteiger partial charge < -0.3 is 5.11 Å². The van der Waals surface area contributed by atoms with Crippen LogP contribution in [0.5, 0.6) is 0 Å². The Morgan fingerprint density at radius 2 is 2.00 bits per heavy atom. The van der Waals surface area contributed by atoms with Gasteiger partial charge in [-0.3, -0.25) is 0 Å². The molecule has 1 aromatic carbocycles. The summed E-state index contributed by atoms with van der Waals surface area (Å²) in [6.07, 6.45) is -3.01. The lowest BCUT2D eigenvalue weighted by Gasteiger charge is -2.07. The second kappa shape index (κ2) is 3.69. The Labute approximate surface area is 78.0 Å². The van der Waals surface area contributed by atoms with Crippen LogP contribution in [0.4, 0.5) is 13.2 Å². The van der Waals surface area contributed by atoms with E-state index in [4.69, 9.17) is 5.11 Å². The molecule has 5 heteroatoms. The Kier molecular flexibility index (Phi) is 2.78. The summed E-state index contributed by atoms with van der Waals surface area (Å²) in [6.45, 7) is 1.30. The second-order valence-electron chi connectivity index (χ2n) is 2.76. The summed E-state index contributed by atoms with van der Waals surface area (Å²) in [5.74, 6) is -2.91. The van der Waals surface area contributed by atoms with Gasteiger partial charge in [0.2, 0.25) is 0 Å². The van der Waals surface area contributed by atoms with Gasteiger partial charge in [-0.2, -0.15) is 0 Å². The minimum atomic E-state index is -3.01. The van der Waals surface area contributed by atoms with Crippen molar-refractivity contribution in [3.05, 3.63) is 34.6 Å². The lowest BCUT2D eigenvalue weighted by molar-refractivity contribution is 0.0690. The molecule has 1 aromatic rings. The summed E-state index contributed by atoms with van der Waals surface area (Å²) in [7, 11) is 0. The molecular weight excluding hydrogens is 197 g/mol. The minimum Gasteiger partial charge on any atom is -0.478 e. The number of hydrogen-bond donors (Lipinski definition) is 1. The second-order valence-corrected chi connectivity index (χ2v) is 2.76. The minimum absolute atomic E-state index is 0.0440. The highest BCUT2D eigenvalue weighted by Crippen LogP contribution is 2.27. The molecule has 0 fully saturated rings. The molecule has 0 unspecified atom stereocenters. The topological polar surface area (TPSA) is 37.3 Å². The zero-order chi connectivity index (χ0) is 10.9. The van der Waals surface area contributed by atoms with E-state index in [1.54, 1.807) is 0 Å². The fraction of sp³-hybridized carbons (Fsp3) is 0.222. The molecule has 14 heavy (non-hydrogen) atoms. The van der Waals surface area contributed by atoms with E-state index < -0.39 is 29.3 Å². The third-order valence-electron chi connectivity index (χ3n) is 1.85. The van der Waals surface area contributed by atoms with E-state index in [0.29, 0.717) is 0 Å². The lowest BCUT2D eigenvalue weighted by atomic mass is 10.0. The van der Waals surface area contributed by atoms with Crippen LogP contribution in [0.2, 0.25) is 0 Å². The third kappa shape index (κ3) is 1.71. The first-order valence-corrected chi connectivity index (χ1v) is 3.75. The van der Waals surface area contributed by atoms with E-state index in [2.05, 4.69) is 0 Å². The number of benzene rings is 1. The summed E-state index contributed by atoms with van der Waals surface area (Å²) in [5.41, 5.74) is -1.53.